The van der Waals surface area contributed by atoms with Crippen molar-refractivity contribution in [3.05, 3.63) is 40.8 Å². The van der Waals surface area contributed by atoms with E-state index in [2.05, 4.69) is 0 Å². The van der Waals surface area contributed by atoms with Gasteiger partial charge in [-0.1, -0.05) is 24.3 Å². The summed E-state index contributed by atoms with van der Waals surface area (Å²) < 4.78 is 0. The fraction of sp³-hybridized carbons (Fsp3) is 0.100. The van der Waals surface area contributed by atoms with Crippen LogP contribution < -0.4 is 0 Å². The van der Waals surface area contributed by atoms with Crippen LogP contribution in [-0.2, 0) is 4.79 Å². The summed E-state index contributed by atoms with van der Waals surface area (Å²) in [6, 6.07) is 7.99. The predicted molar refractivity (Wildman–Crippen MR) is 51.9 cm³/mol. The van der Waals surface area contributed by atoms with Crippen molar-refractivity contribution in [3.8, 4) is 0 Å². The van der Waals surface area contributed by atoms with Gasteiger partial charge in [-0.2, -0.15) is 0 Å². The second-order valence-electron chi connectivity index (χ2n) is 2.62. The van der Waals surface area contributed by atoms with Gasteiger partial charge in [0, 0.05) is 0 Å². The molecule has 2 rings (SSSR count). The SMILES string of the molecule is O=CC1SC=Cc2ccccc21. The zero-order valence-corrected chi connectivity index (χ0v) is 7.25. The van der Waals surface area contributed by atoms with E-state index in [9.17, 15) is 4.79 Å². The van der Waals surface area contributed by atoms with Gasteiger partial charge in [-0.25, -0.2) is 0 Å². The maximum atomic E-state index is 10.7. The summed E-state index contributed by atoms with van der Waals surface area (Å²) in [7, 11) is 0. The summed E-state index contributed by atoms with van der Waals surface area (Å²) in [5.41, 5.74) is 2.29. The molecule has 0 radical (unpaired) electrons. The summed E-state index contributed by atoms with van der Waals surface area (Å²) in [4.78, 5) is 10.7. The fourth-order valence-electron chi connectivity index (χ4n) is 1.30. The molecule has 0 spiro atoms. The van der Waals surface area contributed by atoms with Gasteiger partial charge in [0.05, 0.1) is 5.25 Å². The quantitative estimate of drug-likeness (QED) is 0.612. The maximum absolute atomic E-state index is 10.7. The minimum Gasteiger partial charge on any atom is -0.302 e. The van der Waals surface area contributed by atoms with Crippen LogP contribution in [0.3, 0.4) is 0 Å². The standard InChI is InChI=1S/C10H8OS/c11-7-10-9-4-2-1-3-8(9)5-6-12-10/h1-7,10H. The van der Waals surface area contributed by atoms with Gasteiger partial charge >= 0.3 is 0 Å². The molecule has 1 aromatic rings. The van der Waals surface area contributed by atoms with E-state index in [1.54, 1.807) is 11.8 Å². The molecule has 0 saturated carbocycles. The average Bonchev–Trinajstić information content (AvgIpc) is 2.17. The van der Waals surface area contributed by atoms with E-state index >= 15 is 0 Å². The minimum atomic E-state index is -0.00815. The van der Waals surface area contributed by atoms with Crippen LogP contribution >= 0.6 is 11.8 Å². The fourth-order valence-corrected chi connectivity index (χ4v) is 2.12. The molecule has 0 saturated heterocycles. The Morgan fingerprint density at radius 3 is 3.00 bits per heavy atom. The predicted octanol–water partition coefficient (Wildman–Crippen LogP) is 2.64. The Kier molecular flexibility index (Phi) is 2.00. The smallest absolute Gasteiger partial charge is 0.137 e. The van der Waals surface area contributed by atoms with Crippen molar-refractivity contribution < 1.29 is 4.79 Å². The Balaban J connectivity index is 2.52. The molecule has 0 aromatic heterocycles. The molecular weight excluding hydrogens is 168 g/mol. The Morgan fingerprint density at radius 2 is 2.17 bits per heavy atom. The van der Waals surface area contributed by atoms with Gasteiger partial charge in [-0.15, -0.1) is 11.8 Å². The van der Waals surface area contributed by atoms with Crippen LogP contribution in [0.4, 0.5) is 0 Å². The molecule has 1 aliphatic rings. The third-order valence-electron chi connectivity index (χ3n) is 1.90. The Morgan fingerprint density at radius 1 is 1.33 bits per heavy atom. The molecule has 1 aromatic carbocycles. The molecule has 0 bridgehead atoms. The van der Waals surface area contributed by atoms with Crippen molar-refractivity contribution >= 4 is 24.1 Å². The van der Waals surface area contributed by atoms with E-state index in [1.807, 2.05) is 35.7 Å². The lowest BCUT2D eigenvalue weighted by atomic mass is 10.0. The van der Waals surface area contributed by atoms with Crippen LogP contribution in [0.15, 0.2) is 29.7 Å². The number of hydrogen-bond donors (Lipinski definition) is 0. The molecule has 1 unspecified atom stereocenters. The molecule has 60 valence electrons. The molecule has 0 N–H and O–H groups in total. The number of carbonyl (C=O) groups excluding carboxylic acids is 1. The lowest BCUT2D eigenvalue weighted by molar-refractivity contribution is -0.107. The van der Waals surface area contributed by atoms with Crippen LogP contribution in [0.2, 0.25) is 0 Å². The number of benzene rings is 1. The van der Waals surface area contributed by atoms with Crippen molar-refractivity contribution in [2.24, 2.45) is 0 Å². The molecule has 1 atom stereocenters. The third kappa shape index (κ3) is 1.18. The summed E-state index contributed by atoms with van der Waals surface area (Å²) >= 11 is 1.56. The molecule has 0 aliphatic carbocycles. The zero-order valence-electron chi connectivity index (χ0n) is 6.44. The summed E-state index contributed by atoms with van der Waals surface area (Å²) in [6.45, 7) is 0. The summed E-state index contributed by atoms with van der Waals surface area (Å²) in [5.74, 6) is 0. The first kappa shape index (κ1) is 7.62. The van der Waals surface area contributed by atoms with Crippen LogP contribution in [-0.4, -0.2) is 6.29 Å². The number of hydrogen-bond acceptors (Lipinski definition) is 2. The number of carbonyl (C=O) groups is 1. The molecule has 1 nitrogen and oxygen atoms in total. The van der Waals surface area contributed by atoms with Gasteiger partial charge in [0.1, 0.15) is 6.29 Å². The van der Waals surface area contributed by atoms with Crippen LogP contribution in [0.1, 0.15) is 16.4 Å². The molecule has 1 aliphatic heterocycles. The zero-order chi connectivity index (χ0) is 8.39. The molecular formula is C10H8OS. The largest absolute Gasteiger partial charge is 0.302 e. The monoisotopic (exact) mass is 176 g/mol. The van der Waals surface area contributed by atoms with Crippen LogP contribution in [0.5, 0.6) is 0 Å². The Labute approximate surface area is 75.5 Å². The normalized spacial score (nSPS) is 20.2. The highest BCUT2D eigenvalue weighted by atomic mass is 32.2. The minimum absolute atomic E-state index is 0.00815. The van der Waals surface area contributed by atoms with Crippen molar-refractivity contribution in [1.29, 1.82) is 0 Å². The van der Waals surface area contributed by atoms with Crippen molar-refractivity contribution in [2.75, 3.05) is 0 Å². The van der Waals surface area contributed by atoms with E-state index < -0.39 is 0 Å². The topological polar surface area (TPSA) is 17.1 Å². The van der Waals surface area contributed by atoms with Gasteiger partial charge in [-0.05, 0) is 22.6 Å². The third-order valence-corrected chi connectivity index (χ3v) is 2.85. The van der Waals surface area contributed by atoms with Gasteiger partial charge in [0.2, 0.25) is 0 Å². The number of thioether (sulfide) groups is 1. The van der Waals surface area contributed by atoms with Gasteiger partial charge in [-0.3, -0.25) is 0 Å². The second kappa shape index (κ2) is 3.15. The first-order valence-corrected chi connectivity index (χ1v) is 4.72. The number of rotatable bonds is 1. The first-order valence-electron chi connectivity index (χ1n) is 3.78. The van der Waals surface area contributed by atoms with E-state index in [-0.39, 0.29) is 5.25 Å². The Hall–Kier alpha value is -1.02. The lowest BCUT2D eigenvalue weighted by Crippen LogP contribution is -1.99. The highest BCUT2D eigenvalue weighted by Gasteiger charge is 2.15. The summed E-state index contributed by atoms with van der Waals surface area (Å²) in [5, 5.41) is 1.97. The highest BCUT2D eigenvalue weighted by Crippen LogP contribution is 2.35. The summed E-state index contributed by atoms with van der Waals surface area (Å²) in [6.07, 6.45) is 3.03. The Bertz CT molecular complexity index is 330. The average molecular weight is 176 g/mol. The molecule has 0 amide bonds. The van der Waals surface area contributed by atoms with Crippen molar-refractivity contribution in [1.82, 2.24) is 0 Å². The second-order valence-corrected chi connectivity index (χ2v) is 3.68. The molecule has 2 heteroatoms. The molecule has 1 heterocycles. The molecule has 0 fully saturated rings. The highest BCUT2D eigenvalue weighted by molar-refractivity contribution is 8.03. The van der Waals surface area contributed by atoms with Gasteiger partial charge < -0.3 is 4.79 Å². The van der Waals surface area contributed by atoms with E-state index in [4.69, 9.17) is 0 Å². The van der Waals surface area contributed by atoms with Crippen molar-refractivity contribution in [2.45, 2.75) is 5.25 Å². The van der Waals surface area contributed by atoms with Gasteiger partial charge in [0.25, 0.3) is 0 Å². The van der Waals surface area contributed by atoms with Crippen LogP contribution in [0.25, 0.3) is 6.08 Å². The maximum Gasteiger partial charge on any atom is 0.137 e. The van der Waals surface area contributed by atoms with E-state index in [1.165, 1.54) is 0 Å². The number of aldehydes is 1. The lowest BCUT2D eigenvalue weighted by Gasteiger charge is -2.14. The van der Waals surface area contributed by atoms with E-state index in [0.29, 0.717) is 0 Å². The number of fused-ring (bicyclic) bond motifs is 1. The first-order chi connectivity index (χ1) is 5.92. The van der Waals surface area contributed by atoms with E-state index in [0.717, 1.165) is 17.4 Å². The van der Waals surface area contributed by atoms with Crippen LogP contribution in [0, 0.1) is 0 Å². The molecule has 12 heavy (non-hydrogen) atoms. The van der Waals surface area contributed by atoms with Gasteiger partial charge in [0.15, 0.2) is 0 Å². The van der Waals surface area contributed by atoms with Crippen molar-refractivity contribution in [3.63, 3.8) is 0 Å².